The second kappa shape index (κ2) is 9.36. The van der Waals surface area contributed by atoms with Crippen LogP contribution in [-0.4, -0.2) is 76.2 Å². The van der Waals surface area contributed by atoms with Crippen LogP contribution >= 0.6 is 22.9 Å². The molecule has 1 fully saturated rings. The second-order valence-electron chi connectivity index (χ2n) is 10.6. The summed E-state index contributed by atoms with van der Waals surface area (Å²) in [5.41, 5.74) is 1.65. The molecule has 1 atom stereocenters. The Bertz CT molecular complexity index is 2120. The summed E-state index contributed by atoms with van der Waals surface area (Å²) >= 11 is 2.59. The number of H-pyrrole nitrogens is 1. The van der Waals surface area contributed by atoms with Gasteiger partial charge in [0, 0.05) is 23.8 Å². The molecule has 0 amide bonds. The van der Waals surface area contributed by atoms with Crippen LogP contribution in [0, 0.1) is 5.82 Å². The highest BCUT2D eigenvalue weighted by Crippen LogP contribution is 2.48. The number of sulfone groups is 1. The van der Waals surface area contributed by atoms with Crippen LogP contribution in [0.1, 0.15) is 19.4 Å². The maximum Gasteiger partial charge on any atom is 0.250 e. The first-order valence-corrected chi connectivity index (χ1v) is 16.5. The third-order valence-electron chi connectivity index (χ3n) is 7.36. The predicted molar refractivity (Wildman–Crippen MR) is 159 cm³/mol. The topological polar surface area (TPSA) is 134 Å². The van der Waals surface area contributed by atoms with Crippen molar-refractivity contribution in [3.05, 3.63) is 35.8 Å². The average Bonchev–Trinajstić information content (AvgIpc) is 3.60. The van der Waals surface area contributed by atoms with Crippen molar-refractivity contribution in [2.75, 3.05) is 37.5 Å². The number of aromatic nitrogens is 5. The molecular formula is C27H25FN6O4S3. The molecule has 0 spiro atoms. The van der Waals surface area contributed by atoms with Crippen molar-refractivity contribution >= 4 is 79.8 Å². The normalized spacial score (nSPS) is 18.7. The number of nitrogens with one attached hydrogen (secondary N) is 1. The summed E-state index contributed by atoms with van der Waals surface area (Å²) in [5, 5.41) is 21.0. The number of halogens is 1. The number of hydrogen-bond acceptors (Lipinski definition) is 11. The zero-order valence-electron chi connectivity index (χ0n) is 22.4. The van der Waals surface area contributed by atoms with E-state index in [-0.39, 0.29) is 24.1 Å². The van der Waals surface area contributed by atoms with Gasteiger partial charge in [-0.3, -0.25) is 5.10 Å². The average molecular weight is 613 g/mol. The van der Waals surface area contributed by atoms with Gasteiger partial charge in [0.05, 0.1) is 46.3 Å². The second-order valence-corrected chi connectivity index (χ2v) is 14.3. The van der Waals surface area contributed by atoms with Crippen molar-refractivity contribution in [1.82, 2.24) is 24.5 Å². The number of nitrogens with zero attached hydrogens (tertiary/aromatic N) is 5. The molecule has 2 aromatic carbocycles. The maximum absolute atomic E-state index is 15.1. The summed E-state index contributed by atoms with van der Waals surface area (Å²) in [6.45, 7) is 4.70. The third kappa shape index (κ3) is 4.27. The minimum atomic E-state index is -3.74. The molecule has 212 valence electrons. The van der Waals surface area contributed by atoms with Crippen LogP contribution in [0.15, 0.2) is 29.6 Å². The van der Waals surface area contributed by atoms with Gasteiger partial charge in [-0.15, -0.1) is 11.3 Å². The lowest BCUT2D eigenvalue weighted by Crippen LogP contribution is -2.42. The van der Waals surface area contributed by atoms with E-state index in [4.69, 9.17) is 9.11 Å². The first-order chi connectivity index (χ1) is 19.6. The van der Waals surface area contributed by atoms with Crippen molar-refractivity contribution in [3.63, 3.8) is 0 Å². The number of aromatic amines is 1. The highest BCUT2D eigenvalue weighted by atomic mass is 32.2. The maximum atomic E-state index is 15.1. The molecule has 41 heavy (non-hydrogen) atoms. The van der Waals surface area contributed by atoms with E-state index in [0.717, 1.165) is 42.9 Å². The van der Waals surface area contributed by atoms with Crippen molar-refractivity contribution in [2.24, 2.45) is 0 Å². The van der Waals surface area contributed by atoms with E-state index in [1.54, 1.807) is 19.2 Å². The molecule has 1 aliphatic heterocycles. The predicted octanol–water partition coefficient (Wildman–Crippen LogP) is 4.69. The van der Waals surface area contributed by atoms with Crippen LogP contribution in [0.4, 0.5) is 10.2 Å². The SMILES string of the molecule is CCc1c(F)ccc2cc3[nH]ncc3c(-c3nsc4c3sc3nc(S(C)(=O)=O)nc(N5CCOC[C@@](C)(O)C5)c34)c12. The standard InChI is InChI=1S/C27H25FN6O4S3/c1-4-14-16(28)6-5-13-9-17-15(10-29-32-17)19(18(13)14)21-23-22(40-33-21)20-24(34-7-8-38-12-27(2,35)11-34)30-26(41(3,36)37)31-25(20)39-23/h5-6,9-10,35H,4,7-8,11-12H2,1-3H3,(H,29,32)/t27-/m0/s1. The highest BCUT2D eigenvalue weighted by molar-refractivity contribution is 7.90. The zero-order valence-corrected chi connectivity index (χ0v) is 24.8. The molecule has 0 aliphatic carbocycles. The summed E-state index contributed by atoms with van der Waals surface area (Å²) < 4.78 is 52.5. The lowest BCUT2D eigenvalue weighted by molar-refractivity contribution is -0.0123. The summed E-state index contributed by atoms with van der Waals surface area (Å²) in [6.07, 6.45) is 3.29. The summed E-state index contributed by atoms with van der Waals surface area (Å²) in [6, 6.07) is 5.21. The molecule has 10 nitrogen and oxygen atoms in total. The molecule has 6 aromatic rings. The van der Waals surface area contributed by atoms with E-state index in [2.05, 4.69) is 20.2 Å². The van der Waals surface area contributed by atoms with Crippen molar-refractivity contribution < 1.29 is 22.7 Å². The van der Waals surface area contributed by atoms with Gasteiger partial charge in [0.2, 0.25) is 15.0 Å². The zero-order chi connectivity index (χ0) is 28.7. The lowest BCUT2D eigenvalue weighted by Gasteiger charge is -2.28. The van der Waals surface area contributed by atoms with Gasteiger partial charge < -0.3 is 14.7 Å². The molecular weight excluding hydrogens is 588 g/mol. The van der Waals surface area contributed by atoms with Crippen LogP contribution in [0.3, 0.4) is 0 Å². The smallest absolute Gasteiger partial charge is 0.250 e. The molecule has 0 unspecified atom stereocenters. The number of β-amino-alcohol motifs (C(OH)–C–C–N with tert-alkyl or cyclic N) is 1. The molecule has 0 bridgehead atoms. The molecule has 2 N–H and O–H groups in total. The molecule has 7 rings (SSSR count). The molecule has 14 heteroatoms. The molecule has 0 saturated carbocycles. The fourth-order valence-corrected chi connectivity index (χ4v) is 8.41. The Kier molecular flexibility index (Phi) is 6.07. The Morgan fingerprint density at radius 2 is 2.07 bits per heavy atom. The summed E-state index contributed by atoms with van der Waals surface area (Å²) in [4.78, 5) is 11.3. The fraction of sp³-hybridized carbons (Fsp3) is 0.333. The number of benzene rings is 2. The highest BCUT2D eigenvalue weighted by Gasteiger charge is 2.32. The number of aryl methyl sites for hydroxylation is 1. The summed E-state index contributed by atoms with van der Waals surface area (Å²) in [5.74, 6) is 0.127. The number of rotatable bonds is 4. The molecule has 0 radical (unpaired) electrons. The van der Waals surface area contributed by atoms with Gasteiger partial charge in [0.1, 0.15) is 27.8 Å². The Morgan fingerprint density at radius 1 is 1.24 bits per heavy atom. The van der Waals surface area contributed by atoms with Gasteiger partial charge in [0.25, 0.3) is 0 Å². The first-order valence-electron chi connectivity index (χ1n) is 13.0. The number of aliphatic hydroxyl groups is 1. The molecule has 1 aliphatic rings. The van der Waals surface area contributed by atoms with E-state index >= 15 is 4.39 Å². The Hall–Kier alpha value is -3.30. The quantitative estimate of drug-likeness (QED) is 0.272. The Labute approximate surface area is 241 Å². The van der Waals surface area contributed by atoms with Crippen molar-refractivity contribution in [3.8, 4) is 11.3 Å². The Balaban J connectivity index is 1.57. The van der Waals surface area contributed by atoms with Crippen molar-refractivity contribution in [2.45, 2.75) is 31.0 Å². The van der Waals surface area contributed by atoms with E-state index in [1.807, 2.05) is 17.9 Å². The van der Waals surface area contributed by atoms with Crippen LogP contribution in [-0.2, 0) is 21.0 Å². The largest absolute Gasteiger partial charge is 0.386 e. The molecule has 1 saturated heterocycles. The Morgan fingerprint density at radius 3 is 2.85 bits per heavy atom. The van der Waals surface area contributed by atoms with Gasteiger partial charge in [0.15, 0.2) is 0 Å². The first kappa shape index (κ1) is 26.6. The van der Waals surface area contributed by atoms with E-state index in [9.17, 15) is 13.5 Å². The van der Waals surface area contributed by atoms with Gasteiger partial charge in [-0.05, 0) is 53.3 Å². The lowest BCUT2D eigenvalue weighted by atomic mass is 9.93. The third-order valence-corrected chi connectivity index (χ3v) is 10.3. The van der Waals surface area contributed by atoms with E-state index < -0.39 is 15.4 Å². The van der Waals surface area contributed by atoms with Gasteiger partial charge >= 0.3 is 0 Å². The fourth-order valence-electron chi connectivity index (χ4n) is 5.60. The van der Waals surface area contributed by atoms with E-state index in [1.165, 1.54) is 28.9 Å². The van der Waals surface area contributed by atoms with E-state index in [0.29, 0.717) is 46.9 Å². The number of hydrogen-bond donors (Lipinski definition) is 2. The van der Waals surface area contributed by atoms with Crippen LogP contribution in [0.2, 0.25) is 0 Å². The number of fused-ring (bicyclic) bond motifs is 5. The molecule has 5 heterocycles. The van der Waals surface area contributed by atoms with Gasteiger partial charge in [-0.25, -0.2) is 22.8 Å². The van der Waals surface area contributed by atoms with Crippen LogP contribution in [0.25, 0.3) is 52.5 Å². The van der Waals surface area contributed by atoms with Crippen LogP contribution < -0.4 is 4.90 Å². The van der Waals surface area contributed by atoms with Gasteiger partial charge in [-0.1, -0.05) is 13.0 Å². The summed E-state index contributed by atoms with van der Waals surface area (Å²) in [7, 11) is -3.74. The van der Waals surface area contributed by atoms with Crippen LogP contribution in [0.5, 0.6) is 0 Å². The van der Waals surface area contributed by atoms with Gasteiger partial charge in [-0.2, -0.15) is 9.47 Å². The number of ether oxygens (including phenoxy) is 1. The molecule has 4 aromatic heterocycles. The number of anilines is 1. The minimum Gasteiger partial charge on any atom is -0.386 e. The van der Waals surface area contributed by atoms with Crippen molar-refractivity contribution in [1.29, 1.82) is 0 Å². The minimum absolute atomic E-state index is 0.151. The number of thiophene rings is 1. The monoisotopic (exact) mass is 612 g/mol.